The Morgan fingerprint density at radius 2 is 1.77 bits per heavy atom. The summed E-state index contributed by atoms with van der Waals surface area (Å²) in [6.07, 6.45) is 0.679. The molecule has 0 aromatic heterocycles. The molecule has 0 bridgehead atoms. The van der Waals surface area contributed by atoms with Crippen molar-refractivity contribution in [1.29, 1.82) is 5.26 Å². The topological polar surface area (TPSA) is 132 Å². The number of aryl methyl sites for hydroxylation is 2. The van der Waals surface area contributed by atoms with Crippen LogP contribution in [0, 0.1) is 40.7 Å². The number of allylic oxidation sites excluding steroid dienone is 3. The average molecular weight is 613 g/mol. The van der Waals surface area contributed by atoms with Crippen molar-refractivity contribution >= 4 is 28.8 Å². The van der Waals surface area contributed by atoms with Crippen molar-refractivity contribution in [2.75, 3.05) is 12.0 Å². The van der Waals surface area contributed by atoms with Gasteiger partial charge in [0.25, 0.3) is 5.69 Å². The number of nitro groups is 1. The van der Waals surface area contributed by atoms with Gasteiger partial charge in [-0.05, 0) is 84.3 Å². The summed E-state index contributed by atoms with van der Waals surface area (Å²) in [5.41, 5.74) is 10.8. The molecule has 0 spiro atoms. The van der Waals surface area contributed by atoms with Gasteiger partial charge in [0.05, 0.1) is 29.6 Å². The number of rotatable bonds is 7. The molecule has 0 fully saturated rings. The molecule has 3 aromatic carbocycles. The van der Waals surface area contributed by atoms with Gasteiger partial charge >= 0.3 is 0 Å². The maximum atomic E-state index is 14.0. The van der Waals surface area contributed by atoms with Crippen LogP contribution >= 0.6 is 11.6 Å². The Hall–Kier alpha value is -4.81. The Labute approximate surface area is 261 Å². The third-order valence-corrected chi connectivity index (χ3v) is 8.48. The molecule has 1 atom stereocenters. The van der Waals surface area contributed by atoms with E-state index in [0.29, 0.717) is 23.4 Å². The summed E-state index contributed by atoms with van der Waals surface area (Å²) >= 11 is 6.12. The fourth-order valence-electron chi connectivity index (χ4n) is 6.14. The van der Waals surface area contributed by atoms with E-state index in [2.05, 4.69) is 6.07 Å². The summed E-state index contributed by atoms with van der Waals surface area (Å²) in [6, 6.07) is 17.8. The second-order valence-electron chi connectivity index (χ2n) is 12.0. The predicted molar refractivity (Wildman–Crippen MR) is 168 cm³/mol. The van der Waals surface area contributed by atoms with Crippen molar-refractivity contribution in [2.24, 2.45) is 11.1 Å². The lowest BCUT2D eigenvalue weighted by Gasteiger charge is -2.43. The molecule has 2 aliphatic rings. The van der Waals surface area contributed by atoms with Crippen LogP contribution in [-0.4, -0.2) is 17.8 Å². The number of Topliss-reactive ketones (excluding diaryl/α,β-unsaturated/α-hetero) is 1. The van der Waals surface area contributed by atoms with Crippen LogP contribution in [0.4, 0.5) is 11.4 Å². The quantitative estimate of drug-likeness (QED) is 0.216. The molecule has 1 aliphatic carbocycles. The van der Waals surface area contributed by atoms with Gasteiger partial charge in [0, 0.05) is 28.8 Å². The Bertz CT molecular complexity index is 1790. The third-order valence-electron chi connectivity index (χ3n) is 8.25. The van der Waals surface area contributed by atoms with Crippen LogP contribution < -0.4 is 20.1 Å². The summed E-state index contributed by atoms with van der Waals surface area (Å²) in [7, 11) is 1.60. The summed E-state index contributed by atoms with van der Waals surface area (Å²) in [5.74, 6) is 0.560. The van der Waals surface area contributed by atoms with Crippen LogP contribution in [0.25, 0.3) is 0 Å². The number of hydrogen-bond donors (Lipinski definition) is 1. The van der Waals surface area contributed by atoms with Gasteiger partial charge in [-0.3, -0.25) is 19.8 Å². The van der Waals surface area contributed by atoms with Crippen molar-refractivity contribution in [3.05, 3.63) is 115 Å². The van der Waals surface area contributed by atoms with Gasteiger partial charge in [-0.15, -0.1) is 0 Å². The summed E-state index contributed by atoms with van der Waals surface area (Å²) < 4.78 is 11.3. The maximum Gasteiger partial charge on any atom is 0.294 e. The lowest BCUT2D eigenvalue weighted by molar-refractivity contribution is -0.384. The minimum absolute atomic E-state index is 0.0446. The first-order valence-corrected chi connectivity index (χ1v) is 14.5. The number of halogens is 1. The van der Waals surface area contributed by atoms with Crippen LogP contribution in [0.1, 0.15) is 54.9 Å². The number of ether oxygens (including phenoxy) is 2. The number of nitrogens with zero attached hydrogens (tertiary/aromatic N) is 3. The molecule has 226 valence electrons. The van der Waals surface area contributed by atoms with Gasteiger partial charge in [0.1, 0.15) is 29.6 Å². The lowest BCUT2D eigenvalue weighted by atomic mass is 9.68. The second kappa shape index (κ2) is 11.7. The highest BCUT2D eigenvalue weighted by atomic mass is 35.5. The highest BCUT2D eigenvalue weighted by Gasteiger charge is 2.46. The smallest absolute Gasteiger partial charge is 0.294 e. The minimum Gasteiger partial charge on any atom is -0.497 e. The van der Waals surface area contributed by atoms with Crippen LogP contribution in [0.5, 0.6) is 11.5 Å². The van der Waals surface area contributed by atoms with Gasteiger partial charge in [-0.2, -0.15) is 5.26 Å². The zero-order valence-corrected chi connectivity index (χ0v) is 26.0. The van der Waals surface area contributed by atoms with Gasteiger partial charge in [-0.25, -0.2) is 0 Å². The average Bonchev–Trinajstić information content (AvgIpc) is 2.96. The molecule has 9 nitrogen and oxygen atoms in total. The first-order valence-electron chi connectivity index (χ1n) is 14.1. The molecule has 1 unspecified atom stereocenters. The van der Waals surface area contributed by atoms with E-state index in [1.807, 2.05) is 64.1 Å². The van der Waals surface area contributed by atoms with E-state index in [9.17, 15) is 20.2 Å². The Morgan fingerprint density at radius 1 is 1.09 bits per heavy atom. The number of benzene rings is 3. The van der Waals surface area contributed by atoms with Crippen LogP contribution in [0.3, 0.4) is 0 Å². The fourth-order valence-corrected chi connectivity index (χ4v) is 6.31. The van der Waals surface area contributed by atoms with Crippen LogP contribution in [-0.2, 0) is 11.4 Å². The number of anilines is 1. The highest BCUT2D eigenvalue weighted by Crippen LogP contribution is 2.52. The monoisotopic (exact) mass is 612 g/mol. The molecular formula is C34H33ClN4O5. The molecule has 44 heavy (non-hydrogen) atoms. The fraction of sp³-hybridized carbons (Fsp3) is 0.294. The second-order valence-corrected chi connectivity index (χ2v) is 12.4. The first-order chi connectivity index (χ1) is 20.8. The molecule has 10 heteroatoms. The number of nitrogens with two attached hydrogens (primary N) is 1. The molecule has 1 heterocycles. The zero-order chi connectivity index (χ0) is 31.9. The molecule has 1 aliphatic heterocycles. The van der Waals surface area contributed by atoms with Gasteiger partial charge in [0.2, 0.25) is 0 Å². The van der Waals surface area contributed by atoms with E-state index in [-0.39, 0.29) is 46.6 Å². The molecule has 5 rings (SSSR count). The van der Waals surface area contributed by atoms with Crippen molar-refractivity contribution < 1.29 is 19.2 Å². The van der Waals surface area contributed by atoms with E-state index in [4.69, 9.17) is 26.8 Å². The van der Waals surface area contributed by atoms with E-state index in [0.717, 1.165) is 28.0 Å². The Balaban J connectivity index is 1.67. The third kappa shape index (κ3) is 5.61. The number of nitriles is 1. The van der Waals surface area contributed by atoms with Crippen molar-refractivity contribution in [3.8, 4) is 17.6 Å². The maximum absolute atomic E-state index is 14.0. The van der Waals surface area contributed by atoms with E-state index in [1.54, 1.807) is 7.11 Å². The molecule has 3 aromatic rings. The molecule has 2 N–H and O–H groups in total. The summed E-state index contributed by atoms with van der Waals surface area (Å²) in [4.78, 5) is 27.1. The standard InChI is InChI=1S/C34H33ClN4O5/c1-19-12-20(2)25(13-21(19)18-44-24-9-7-23(43-5)8-10-24)31-26(17-36)33(37)38(27-11-6-22(35)14-28(27)39(41)42)29-15-34(3,4)16-30(40)32(29)31/h6-14,31H,15-16,18,37H2,1-5H3. The molecule has 0 saturated heterocycles. The van der Waals surface area contributed by atoms with Crippen LogP contribution in [0.15, 0.2) is 77.3 Å². The molecule has 0 amide bonds. The summed E-state index contributed by atoms with van der Waals surface area (Å²) in [6.45, 7) is 8.14. The van der Waals surface area contributed by atoms with E-state index < -0.39 is 16.3 Å². The van der Waals surface area contributed by atoms with Crippen molar-refractivity contribution in [3.63, 3.8) is 0 Å². The molecule has 0 radical (unpaired) electrons. The lowest BCUT2D eigenvalue weighted by Crippen LogP contribution is -2.42. The largest absolute Gasteiger partial charge is 0.497 e. The number of ketones is 1. The number of hydrogen-bond acceptors (Lipinski definition) is 8. The summed E-state index contributed by atoms with van der Waals surface area (Å²) in [5, 5.41) is 22.8. The van der Waals surface area contributed by atoms with Gasteiger partial charge in [-0.1, -0.05) is 37.6 Å². The Morgan fingerprint density at radius 3 is 2.41 bits per heavy atom. The van der Waals surface area contributed by atoms with E-state index in [1.165, 1.54) is 23.1 Å². The Kier molecular flexibility index (Phi) is 8.15. The number of carbonyl (C=O) groups is 1. The molecular weight excluding hydrogens is 580 g/mol. The normalized spacial score (nSPS) is 17.7. The van der Waals surface area contributed by atoms with E-state index >= 15 is 0 Å². The van der Waals surface area contributed by atoms with Crippen molar-refractivity contribution in [1.82, 2.24) is 0 Å². The number of methoxy groups -OCH3 is 1. The van der Waals surface area contributed by atoms with Gasteiger partial charge in [0.15, 0.2) is 5.78 Å². The van der Waals surface area contributed by atoms with Gasteiger partial charge < -0.3 is 15.2 Å². The highest BCUT2D eigenvalue weighted by molar-refractivity contribution is 6.31. The zero-order valence-electron chi connectivity index (χ0n) is 25.2. The number of nitro benzene ring substituents is 1. The number of carbonyl (C=O) groups excluding carboxylic acids is 1. The first kappa shape index (κ1) is 30.6. The van der Waals surface area contributed by atoms with Crippen molar-refractivity contribution in [2.45, 2.75) is 53.1 Å². The van der Waals surface area contributed by atoms with Crippen LogP contribution in [0.2, 0.25) is 5.02 Å². The predicted octanol–water partition coefficient (Wildman–Crippen LogP) is 7.39. The minimum atomic E-state index is -0.749. The SMILES string of the molecule is COc1ccc(OCc2cc(C3C(C#N)=C(N)N(c4ccc(Cl)cc4[N+](=O)[O-])C4=C3C(=O)CC(C)(C)C4)c(C)cc2C)cc1. The molecule has 0 saturated carbocycles.